The van der Waals surface area contributed by atoms with E-state index >= 15 is 0 Å². The summed E-state index contributed by atoms with van der Waals surface area (Å²) in [6, 6.07) is 0. The molecule has 0 aromatic heterocycles. The van der Waals surface area contributed by atoms with Crippen molar-refractivity contribution in [2.24, 2.45) is 0 Å². The third-order valence-corrected chi connectivity index (χ3v) is 4.11. The van der Waals surface area contributed by atoms with Gasteiger partial charge in [-0.1, -0.05) is 11.5 Å². The summed E-state index contributed by atoms with van der Waals surface area (Å²) in [7, 11) is -1.99. The minimum Gasteiger partial charge on any atom is -0.374 e. The molecule has 0 aliphatic carbocycles. The maximum absolute atomic E-state index is 11.4. The van der Waals surface area contributed by atoms with Crippen LogP contribution in [0.25, 0.3) is 0 Å². The largest absolute Gasteiger partial charge is 0.374 e. The van der Waals surface area contributed by atoms with Gasteiger partial charge in [0.05, 0.1) is 19.0 Å². The molecule has 11 heteroatoms. The SMILES string of the molecule is C=C1NC(=O)C=CN1[C@@H]1O[C@H](CONS(C)(=O)=O)[C@@H](OC(C)C)[C@H]1OC. The van der Waals surface area contributed by atoms with E-state index < -0.39 is 34.6 Å². The molecule has 0 unspecified atom stereocenters. The second-order valence-electron chi connectivity index (χ2n) is 6.24. The van der Waals surface area contributed by atoms with Gasteiger partial charge in [-0.05, 0) is 13.8 Å². The number of amides is 1. The van der Waals surface area contributed by atoms with Gasteiger partial charge in [-0.25, -0.2) is 8.42 Å². The molecule has 2 aliphatic rings. The van der Waals surface area contributed by atoms with Gasteiger partial charge in [0.15, 0.2) is 6.23 Å². The zero-order valence-corrected chi connectivity index (χ0v) is 16.0. The predicted octanol–water partition coefficient (Wildman–Crippen LogP) is -0.583. The Morgan fingerprint density at radius 1 is 1.42 bits per heavy atom. The van der Waals surface area contributed by atoms with Crippen LogP contribution in [0.15, 0.2) is 24.7 Å². The van der Waals surface area contributed by atoms with Gasteiger partial charge in [0, 0.05) is 19.4 Å². The summed E-state index contributed by atoms with van der Waals surface area (Å²) in [5.74, 6) is 0.0501. The van der Waals surface area contributed by atoms with E-state index in [4.69, 9.17) is 19.0 Å². The molecule has 0 saturated carbocycles. The van der Waals surface area contributed by atoms with Crippen LogP contribution in [0.2, 0.25) is 0 Å². The zero-order chi connectivity index (χ0) is 19.5. The molecule has 26 heavy (non-hydrogen) atoms. The number of carbonyl (C=O) groups excluding carboxylic acids is 1. The molecule has 0 spiro atoms. The summed E-state index contributed by atoms with van der Waals surface area (Å²) in [6.45, 7) is 7.46. The molecule has 0 aromatic carbocycles. The predicted molar refractivity (Wildman–Crippen MR) is 91.7 cm³/mol. The van der Waals surface area contributed by atoms with Crippen LogP contribution in [0, 0.1) is 0 Å². The maximum atomic E-state index is 11.4. The number of rotatable bonds is 8. The van der Waals surface area contributed by atoms with Gasteiger partial charge in [-0.15, -0.1) is 0 Å². The van der Waals surface area contributed by atoms with Crippen molar-refractivity contribution in [2.75, 3.05) is 20.0 Å². The van der Waals surface area contributed by atoms with Gasteiger partial charge < -0.3 is 24.4 Å². The molecule has 1 amide bonds. The van der Waals surface area contributed by atoms with Crippen molar-refractivity contribution in [1.29, 1.82) is 0 Å². The lowest BCUT2D eigenvalue weighted by Gasteiger charge is -2.34. The second kappa shape index (κ2) is 8.46. The van der Waals surface area contributed by atoms with Crippen LogP contribution < -0.4 is 10.2 Å². The Morgan fingerprint density at radius 2 is 2.12 bits per heavy atom. The van der Waals surface area contributed by atoms with Crippen molar-refractivity contribution in [1.82, 2.24) is 15.1 Å². The molecule has 0 aromatic rings. The Kier molecular flexibility index (Phi) is 6.77. The second-order valence-corrected chi connectivity index (χ2v) is 7.95. The van der Waals surface area contributed by atoms with Crippen LogP contribution in [-0.4, -0.2) is 69.8 Å². The normalized spacial score (nSPS) is 29.5. The Morgan fingerprint density at radius 3 is 2.65 bits per heavy atom. The third-order valence-electron chi connectivity index (χ3n) is 3.68. The average molecular weight is 391 g/mol. The molecular formula is C15H25N3O7S. The summed E-state index contributed by atoms with van der Waals surface area (Å²) in [5, 5.41) is 2.59. The van der Waals surface area contributed by atoms with E-state index in [1.54, 1.807) is 11.1 Å². The molecule has 2 rings (SSSR count). The summed E-state index contributed by atoms with van der Waals surface area (Å²) >= 11 is 0. The lowest BCUT2D eigenvalue weighted by Crippen LogP contribution is -2.48. The highest BCUT2D eigenvalue weighted by molar-refractivity contribution is 7.88. The van der Waals surface area contributed by atoms with Gasteiger partial charge in [-0.3, -0.25) is 9.63 Å². The van der Waals surface area contributed by atoms with Crippen molar-refractivity contribution in [3.05, 3.63) is 24.7 Å². The maximum Gasteiger partial charge on any atom is 0.250 e. The Bertz CT molecular complexity index is 664. The lowest BCUT2D eigenvalue weighted by molar-refractivity contribution is -0.119. The smallest absolute Gasteiger partial charge is 0.250 e. The average Bonchev–Trinajstić information content (AvgIpc) is 2.83. The Labute approximate surface area is 153 Å². The molecule has 0 radical (unpaired) electrons. The van der Waals surface area contributed by atoms with E-state index in [9.17, 15) is 13.2 Å². The lowest BCUT2D eigenvalue weighted by atomic mass is 10.1. The van der Waals surface area contributed by atoms with Crippen molar-refractivity contribution in [3.8, 4) is 0 Å². The molecule has 148 valence electrons. The molecule has 4 atom stereocenters. The molecule has 2 heterocycles. The standard InChI is InChI=1S/C15H25N3O7S/c1-9(2)24-13-11(8-23-17-26(5,20)21)25-15(14(13)22-4)18-7-6-12(19)16-10(18)3/h6-7,9,11,13-15,17H,3,8H2,1-2,4-5H3,(H,16,19)/t11-,13-,14-,15-/m1/s1. The van der Waals surface area contributed by atoms with Gasteiger partial charge in [0.25, 0.3) is 5.91 Å². The van der Waals surface area contributed by atoms with Crippen molar-refractivity contribution in [3.63, 3.8) is 0 Å². The first-order chi connectivity index (χ1) is 12.1. The monoisotopic (exact) mass is 391 g/mol. The van der Waals surface area contributed by atoms with Gasteiger partial charge in [-0.2, -0.15) is 0 Å². The highest BCUT2D eigenvalue weighted by Gasteiger charge is 2.49. The molecular weight excluding hydrogens is 366 g/mol. The number of sulfonamides is 1. The van der Waals surface area contributed by atoms with E-state index in [1.807, 2.05) is 18.7 Å². The number of hydrogen-bond acceptors (Lipinski definition) is 8. The molecule has 2 N–H and O–H groups in total. The topological polar surface area (TPSA) is 115 Å². The van der Waals surface area contributed by atoms with Gasteiger partial charge in [0.1, 0.15) is 24.1 Å². The highest BCUT2D eigenvalue weighted by Crippen LogP contribution is 2.31. The van der Waals surface area contributed by atoms with Crippen LogP contribution in [0.1, 0.15) is 13.8 Å². The Balaban J connectivity index is 2.17. The zero-order valence-electron chi connectivity index (χ0n) is 15.2. The number of carbonyl (C=O) groups is 1. The first-order valence-electron chi connectivity index (χ1n) is 8.01. The van der Waals surface area contributed by atoms with E-state index in [1.165, 1.54) is 13.2 Å². The van der Waals surface area contributed by atoms with Crippen molar-refractivity contribution in [2.45, 2.75) is 44.5 Å². The molecule has 1 saturated heterocycles. The van der Waals surface area contributed by atoms with Gasteiger partial charge in [0.2, 0.25) is 10.0 Å². The fourth-order valence-electron chi connectivity index (χ4n) is 2.74. The van der Waals surface area contributed by atoms with E-state index in [0.29, 0.717) is 5.82 Å². The summed E-state index contributed by atoms with van der Waals surface area (Å²) < 4.78 is 39.8. The van der Waals surface area contributed by atoms with Crippen molar-refractivity contribution >= 4 is 15.9 Å². The quantitative estimate of drug-likeness (QED) is 0.528. The van der Waals surface area contributed by atoms with Crippen molar-refractivity contribution < 1.29 is 32.3 Å². The van der Waals surface area contributed by atoms with E-state index in [2.05, 4.69) is 11.9 Å². The molecule has 1 fully saturated rings. The fraction of sp³-hybridized carbons (Fsp3) is 0.667. The molecule has 2 aliphatic heterocycles. The minimum atomic E-state index is -3.51. The number of nitrogens with zero attached hydrogens (tertiary/aromatic N) is 1. The fourth-order valence-corrected chi connectivity index (χ4v) is 3.03. The number of methoxy groups -OCH3 is 1. The molecule has 10 nitrogen and oxygen atoms in total. The van der Waals surface area contributed by atoms with E-state index in [-0.39, 0.29) is 18.6 Å². The number of hydrogen-bond donors (Lipinski definition) is 2. The van der Waals surface area contributed by atoms with E-state index in [0.717, 1.165) is 6.26 Å². The summed E-state index contributed by atoms with van der Waals surface area (Å²) in [4.78, 5) is 20.0. The van der Waals surface area contributed by atoms with Gasteiger partial charge >= 0.3 is 0 Å². The van der Waals surface area contributed by atoms with Crippen LogP contribution >= 0.6 is 0 Å². The summed E-state index contributed by atoms with van der Waals surface area (Å²) in [5.41, 5.74) is 0. The highest BCUT2D eigenvalue weighted by atomic mass is 32.2. The van der Waals surface area contributed by atoms with Crippen LogP contribution in [0.5, 0.6) is 0 Å². The minimum absolute atomic E-state index is 0.0861. The van der Waals surface area contributed by atoms with Crippen LogP contribution in [0.4, 0.5) is 0 Å². The number of ether oxygens (including phenoxy) is 3. The first kappa shape index (κ1) is 20.8. The molecule has 0 bridgehead atoms. The summed E-state index contributed by atoms with van der Waals surface area (Å²) in [6.07, 6.45) is 1.45. The van der Waals surface area contributed by atoms with Crippen LogP contribution in [0.3, 0.4) is 0 Å². The first-order valence-corrected chi connectivity index (χ1v) is 9.90. The third kappa shape index (κ3) is 5.25. The number of nitrogens with one attached hydrogen (secondary N) is 2. The Hall–Kier alpha value is -1.50. The van der Waals surface area contributed by atoms with Crippen LogP contribution in [-0.2, 0) is 33.9 Å².